The van der Waals surface area contributed by atoms with Crippen molar-refractivity contribution in [2.45, 2.75) is 0 Å². The van der Waals surface area contributed by atoms with E-state index < -0.39 is 10.4 Å². The molecule has 0 atom stereocenters. The molecule has 0 saturated carbocycles. The topological polar surface area (TPSA) is 80.3 Å². The Morgan fingerprint density at radius 3 is 1.29 bits per heavy atom. The van der Waals surface area contributed by atoms with Gasteiger partial charge in [-0.05, 0) is 0 Å². The van der Waals surface area contributed by atoms with Gasteiger partial charge < -0.3 is 9.11 Å². The first-order valence-corrected chi connectivity index (χ1v) is 39.5. The number of hydrogen-bond acceptors (Lipinski definition) is 4. The molecule has 0 amide bonds. The van der Waals surface area contributed by atoms with Crippen LogP contribution in [-0.2, 0) is 10.4 Å². The molecule has 0 aliphatic carbocycles. The Kier molecular flexibility index (Phi) is 12.9. The zero-order valence-electron chi connectivity index (χ0n) is 3.75. The van der Waals surface area contributed by atoms with Crippen LogP contribution in [0.2, 0.25) is 0 Å². The van der Waals surface area contributed by atoms with Gasteiger partial charge in [-0.2, -0.15) is 0 Å². The third-order valence-corrected chi connectivity index (χ3v) is 0. The summed E-state index contributed by atoms with van der Waals surface area (Å²) < 4.78 is 34.1. The summed E-state index contributed by atoms with van der Waals surface area (Å²) in [5.41, 5.74) is 0. The van der Waals surface area contributed by atoms with Crippen molar-refractivity contribution in [1.82, 2.24) is 0 Å². The van der Waals surface area contributed by atoms with Crippen LogP contribution in [0, 0.1) is 0 Å². The second kappa shape index (κ2) is 7.12. The fourth-order valence-corrected chi connectivity index (χ4v) is 0. The normalized spacial score (nSPS) is 8.86. The molecular weight excluding hydrogens is 371 g/mol. The van der Waals surface area contributed by atoms with Gasteiger partial charge in [0, 0.05) is 10.4 Å². The first-order chi connectivity index (χ1) is 3.00. The predicted molar refractivity (Wildman–Crippen MR) is 23.4 cm³/mol. The molecule has 0 aromatic rings. The fraction of sp³-hybridized carbons (Fsp3) is 0. The van der Waals surface area contributed by atoms with Crippen LogP contribution in [-0.4, -0.2) is 78.8 Å². The molecule has 0 rings (SSSR count). The molecule has 0 unspecified atom stereocenters. The van der Waals surface area contributed by atoms with Crippen LogP contribution in [0.3, 0.4) is 0 Å². The van der Waals surface area contributed by atoms with E-state index in [1.54, 1.807) is 0 Å². The molecule has 0 spiro atoms. The molecule has 0 aliphatic rings. The average molecular weight is 372 g/mol. The van der Waals surface area contributed by atoms with Crippen LogP contribution in [0.4, 0.5) is 0 Å². The van der Waals surface area contributed by atoms with E-state index in [1.165, 1.54) is 30.7 Å². The molecular formula is HBa2O4S. The van der Waals surface area contributed by atoms with Crippen molar-refractivity contribution < 1.29 is 17.5 Å². The molecule has 0 aromatic heterocycles. The van der Waals surface area contributed by atoms with Crippen molar-refractivity contribution in [2.24, 2.45) is 0 Å². The van der Waals surface area contributed by atoms with E-state index in [2.05, 4.69) is 0 Å². The molecule has 0 aliphatic heterocycles. The molecule has 0 saturated heterocycles. The van der Waals surface area contributed by atoms with E-state index >= 15 is 0 Å². The molecule has 0 bridgehead atoms. The van der Waals surface area contributed by atoms with Crippen molar-refractivity contribution in [3.05, 3.63) is 0 Å². The second-order valence-electron chi connectivity index (χ2n) is 0.408. The maximum atomic E-state index is 8.52. The summed E-state index contributed by atoms with van der Waals surface area (Å²) in [6.07, 6.45) is 0. The summed E-state index contributed by atoms with van der Waals surface area (Å²) >= 11 is 2.33. The molecule has 35 valence electrons. The summed E-state index contributed by atoms with van der Waals surface area (Å²) in [7, 11) is -5.17. The molecule has 7 radical (unpaired) electrons. The van der Waals surface area contributed by atoms with Crippen LogP contribution >= 0.6 is 0 Å². The van der Waals surface area contributed by atoms with Crippen LogP contribution in [0.5, 0.6) is 0 Å². The van der Waals surface area contributed by atoms with Gasteiger partial charge in [0.25, 0.3) is 0 Å². The molecule has 7 heavy (non-hydrogen) atoms. The van der Waals surface area contributed by atoms with Crippen molar-refractivity contribution in [1.29, 1.82) is 0 Å². The third kappa shape index (κ3) is 48.8. The molecule has 0 heterocycles. The minimum atomic E-state index is -5.17. The van der Waals surface area contributed by atoms with Crippen molar-refractivity contribution in [3.8, 4) is 0 Å². The monoisotopic (exact) mass is 373 g/mol. The van der Waals surface area contributed by atoms with Crippen molar-refractivity contribution >= 4 is 71.7 Å². The van der Waals surface area contributed by atoms with Gasteiger partial charge in [0.05, 0.1) is 0 Å². The fourth-order valence-electron chi connectivity index (χ4n) is 0. The Morgan fingerprint density at radius 2 is 1.29 bits per heavy atom. The molecule has 0 fully saturated rings. The van der Waals surface area contributed by atoms with Crippen molar-refractivity contribution in [2.75, 3.05) is 0 Å². The SMILES string of the molecule is O=S(=O)([O-])[O-].[Ba+2][BaH]. The standard InChI is InChI=1S/2Ba.H2O4S.H/c;;1-5(2,3)4;/h;;(H2,1,2,3,4);/q;+2;;/p-2. The molecule has 7 heteroatoms. The van der Waals surface area contributed by atoms with E-state index in [4.69, 9.17) is 17.5 Å². The van der Waals surface area contributed by atoms with Gasteiger partial charge in [-0.1, -0.05) is 0 Å². The van der Waals surface area contributed by atoms with Gasteiger partial charge in [-0.3, -0.25) is 8.42 Å². The Bertz CT molecular complexity index is 92.9. The first-order valence-electron chi connectivity index (χ1n) is 1.37. The number of hydrogen-bond donors (Lipinski definition) is 0. The summed E-state index contributed by atoms with van der Waals surface area (Å²) in [4.78, 5) is 0. The van der Waals surface area contributed by atoms with Gasteiger partial charge in [0.2, 0.25) is 0 Å². The maximum absolute atomic E-state index is 8.52. The van der Waals surface area contributed by atoms with E-state index in [-0.39, 0.29) is 0 Å². The van der Waals surface area contributed by atoms with Gasteiger partial charge in [0.15, 0.2) is 0 Å². The zero-order valence-corrected chi connectivity index (χ0v) is 15.3. The van der Waals surface area contributed by atoms with Gasteiger partial charge in [-0.15, -0.1) is 0 Å². The van der Waals surface area contributed by atoms with Crippen molar-refractivity contribution in [3.63, 3.8) is 0 Å². The first kappa shape index (κ1) is 12.7. The minimum absolute atomic E-state index is 1.08. The number of rotatable bonds is 0. The van der Waals surface area contributed by atoms with E-state index in [9.17, 15) is 0 Å². The van der Waals surface area contributed by atoms with Crippen LogP contribution in [0.15, 0.2) is 0 Å². The van der Waals surface area contributed by atoms with Gasteiger partial charge in [-0.25, -0.2) is 0 Å². The Labute approximate surface area is 85.7 Å². The van der Waals surface area contributed by atoms with Gasteiger partial charge >= 0.3 is 61.3 Å². The zero-order chi connectivity index (χ0) is 6.50. The average Bonchev–Trinajstić information content (AvgIpc) is 1.36. The van der Waals surface area contributed by atoms with Crippen LogP contribution in [0.25, 0.3) is 0 Å². The van der Waals surface area contributed by atoms with E-state index in [0.717, 1.165) is 30.7 Å². The van der Waals surface area contributed by atoms with E-state index in [1.807, 2.05) is 0 Å². The predicted octanol–water partition coefficient (Wildman–Crippen LogP) is -2.37. The Hall–Kier alpha value is 3.01. The van der Waals surface area contributed by atoms with Crippen LogP contribution in [0.1, 0.15) is 0 Å². The summed E-state index contributed by atoms with van der Waals surface area (Å²) in [5.74, 6) is 0. The molecule has 0 N–H and O–H groups in total. The van der Waals surface area contributed by atoms with Gasteiger partial charge in [0.1, 0.15) is 0 Å². The van der Waals surface area contributed by atoms with E-state index in [0.29, 0.717) is 0 Å². The molecule has 0 aromatic carbocycles. The third-order valence-electron chi connectivity index (χ3n) is 0. The molecule has 4 nitrogen and oxygen atoms in total. The Balaban J connectivity index is 0. The van der Waals surface area contributed by atoms with Crippen LogP contribution < -0.4 is 0 Å². The summed E-state index contributed by atoms with van der Waals surface area (Å²) in [6.45, 7) is 0. The summed E-state index contributed by atoms with van der Waals surface area (Å²) in [6, 6.07) is 0. The Morgan fingerprint density at radius 1 is 1.29 bits per heavy atom. The quantitative estimate of drug-likeness (QED) is 0.271. The summed E-state index contributed by atoms with van der Waals surface area (Å²) in [5, 5.41) is 0. The second-order valence-corrected chi connectivity index (χ2v) is 1.22.